The third kappa shape index (κ3) is 4.98. The van der Waals surface area contributed by atoms with E-state index in [1.165, 1.54) is 12.3 Å². The van der Waals surface area contributed by atoms with Crippen molar-refractivity contribution in [1.82, 2.24) is 9.97 Å². The zero-order chi connectivity index (χ0) is 27.7. The molecular formula is C26H30FN7O3S. The molecule has 0 aromatic carbocycles. The molecule has 38 heavy (non-hydrogen) atoms. The summed E-state index contributed by atoms with van der Waals surface area (Å²) >= 11 is 0. The second-order valence-corrected chi connectivity index (χ2v) is 12.0. The predicted molar refractivity (Wildman–Crippen MR) is 147 cm³/mol. The third-order valence-electron chi connectivity index (χ3n) is 6.90. The summed E-state index contributed by atoms with van der Waals surface area (Å²) in [5.74, 6) is 5.23. The largest absolute Gasteiger partial charge is 0.468 e. The number of nitrogens with zero attached hydrogens (tertiary/aromatic N) is 5. The van der Waals surface area contributed by atoms with E-state index in [4.69, 9.17) is 10.5 Å². The molecule has 4 rings (SSSR count). The van der Waals surface area contributed by atoms with Crippen LogP contribution >= 0.6 is 0 Å². The van der Waals surface area contributed by atoms with Gasteiger partial charge in [-0.2, -0.15) is 0 Å². The van der Waals surface area contributed by atoms with Crippen LogP contribution in [-0.4, -0.2) is 53.9 Å². The predicted octanol–water partition coefficient (Wildman–Crippen LogP) is 3.95. The van der Waals surface area contributed by atoms with Gasteiger partial charge in [0.1, 0.15) is 40.1 Å². The summed E-state index contributed by atoms with van der Waals surface area (Å²) in [6, 6.07) is 3.04. The molecule has 200 valence electrons. The van der Waals surface area contributed by atoms with Crippen LogP contribution in [0.2, 0.25) is 0 Å². The first-order chi connectivity index (χ1) is 17.9. The second-order valence-electron chi connectivity index (χ2n) is 9.62. The van der Waals surface area contributed by atoms with Gasteiger partial charge in [-0.25, -0.2) is 27.8 Å². The van der Waals surface area contributed by atoms with E-state index in [2.05, 4.69) is 48.8 Å². The number of pyridine rings is 2. The molecule has 2 atom stereocenters. The zero-order valence-corrected chi connectivity index (χ0v) is 22.6. The molecule has 1 aliphatic carbocycles. The number of amidine groups is 1. The number of aromatic nitrogens is 2. The number of hydrogen-bond donors (Lipinski definition) is 2. The Kier molecular flexibility index (Phi) is 7.25. The van der Waals surface area contributed by atoms with E-state index in [0.29, 0.717) is 17.3 Å². The molecule has 2 aromatic heterocycles. The highest BCUT2D eigenvalue weighted by Crippen LogP contribution is 2.49. The Bertz CT molecular complexity index is 1510. The molecule has 0 radical (unpaired) electrons. The minimum absolute atomic E-state index is 0.00681. The third-order valence-corrected chi connectivity index (χ3v) is 9.68. The van der Waals surface area contributed by atoms with Crippen molar-refractivity contribution in [2.75, 3.05) is 17.7 Å². The summed E-state index contributed by atoms with van der Waals surface area (Å²) in [4.78, 5) is 21.4. The van der Waals surface area contributed by atoms with Crippen molar-refractivity contribution in [2.45, 2.75) is 50.8 Å². The number of hydrogen-bond acceptors (Lipinski definition) is 10. The maximum Gasteiger partial charge on any atom is 0.186 e. The fraction of sp³-hybridized carbons (Fsp3) is 0.423. The van der Waals surface area contributed by atoms with Crippen molar-refractivity contribution in [3.05, 3.63) is 35.9 Å². The Balaban J connectivity index is 1.68. The van der Waals surface area contributed by atoms with Crippen LogP contribution in [0.5, 0.6) is 0 Å². The van der Waals surface area contributed by atoms with Gasteiger partial charge in [-0.1, -0.05) is 5.92 Å². The molecular weight excluding hydrogens is 509 g/mol. The molecule has 10 nitrogen and oxygen atoms in total. The normalized spacial score (nSPS) is 24.6. The monoisotopic (exact) mass is 539 g/mol. The van der Waals surface area contributed by atoms with E-state index >= 15 is 4.39 Å². The quantitative estimate of drug-likeness (QED) is 0.308. The fourth-order valence-electron chi connectivity index (χ4n) is 4.56. The molecule has 0 amide bonds. The number of aliphatic imine (C=N–C) groups is 3. The number of halogens is 1. The van der Waals surface area contributed by atoms with Gasteiger partial charge in [0.2, 0.25) is 0 Å². The molecule has 3 N–H and O–H groups in total. The molecule has 12 heteroatoms. The summed E-state index contributed by atoms with van der Waals surface area (Å²) in [5.41, 5.74) is 5.61. The number of nitrogens with two attached hydrogens (primary N) is 1. The summed E-state index contributed by atoms with van der Waals surface area (Å²) < 4.78 is 46.1. The SMILES string of the molecule is C=Nc1c(N=C(C)OCC#CC)ccnc1Nc1cc([C@]2(C)CS(=O)(=O)[C@@](C)(C3CC3)C(N)=N2)c(F)cn1. The van der Waals surface area contributed by atoms with Gasteiger partial charge >= 0.3 is 0 Å². The molecule has 0 spiro atoms. The van der Waals surface area contributed by atoms with Crippen molar-refractivity contribution >= 4 is 51.3 Å². The molecule has 2 aromatic rings. The average molecular weight is 540 g/mol. The van der Waals surface area contributed by atoms with E-state index < -0.39 is 25.9 Å². The minimum Gasteiger partial charge on any atom is -0.468 e. The Morgan fingerprint density at radius 3 is 2.74 bits per heavy atom. The van der Waals surface area contributed by atoms with Gasteiger partial charge in [0.25, 0.3) is 0 Å². The number of sulfone groups is 1. The van der Waals surface area contributed by atoms with E-state index in [1.54, 1.807) is 33.8 Å². The van der Waals surface area contributed by atoms with Crippen LogP contribution in [0.15, 0.2) is 39.5 Å². The van der Waals surface area contributed by atoms with Crippen molar-refractivity contribution in [3.63, 3.8) is 0 Å². The first-order valence-corrected chi connectivity index (χ1v) is 13.6. The molecule has 1 saturated carbocycles. The van der Waals surface area contributed by atoms with Gasteiger partial charge in [-0.05, 0) is 58.4 Å². The smallest absolute Gasteiger partial charge is 0.186 e. The number of rotatable bonds is 7. The number of nitrogens with one attached hydrogen (secondary N) is 1. The first-order valence-electron chi connectivity index (χ1n) is 12.0. The van der Waals surface area contributed by atoms with E-state index in [0.717, 1.165) is 19.0 Å². The standard InChI is InChI=1S/C26H30FN7O3S/c1-6-7-12-37-16(2)32-20-10-11-30-23(22(20)29-5)33-21-13-18(19(27)14-31-21)25(3)15-38(35,36)26(4,17-8-9-17)24(28)34-25/h10-11,13-14,17H,5,8-9,12,15H2,1-4H3,(H2,28,34)(H,30,31,33)/t25-,26-/m0/s1. The molecule has 0 unspecified atom stereocenters. The molecule has 0 saturated heterocycles. The Morgan fingerprint density at radius 2 is 2.11 bits per heavy atom. The fourth-order valence-corrected chi connectivity index (χ4v) is 6.93. The van der Waals surface area contributed by atoms with Gasteiger partial charge in [-0.3, -0.25) is 9.98 Å². The van der Waals surface area contributed by atoms with Crippen molar-refractivity contribution in [3.8, 4) is 11.8 Å². The van der Waals surface area contributed by atoms with Crippen molar-refractivity contribution < 1.29 is 17.5 Å². The minimum atomic E-state index is -3.72. The molecule has 0 bridgehead atoms. The topological polar surface area (TPSA) is 144 Å². The average Bonchev–Trinajstić information content (AvgIpc) is 3.69. The van der Waals surface area contributed by atoms with Gasteiger partial charge in [0.05, 0.1) is 17.6 Å². The molecule has 2 aliphatic rings. The van der Waals surface area contributed by atoms with Gasteiger partial charge < -0.3 is 15.8 Å². The van der Waals surface area contributed by atoms with Crippen LogP contribution in [0.3, 0.4) is 0 Å². The lowest BCUT2D eigenvalue weighted by molar-refractivity contribution is 0.355. The van der Waals surface area contributed by atoms with Crippen molar-refractivity contribution in [2.24, 2.45) is 26.6 Å². The summed E-state index contributed by atoms with van der Waals surface area (Å²) in [5, 5.41) is 3.01. The number of anilines is 2. The summed E-state index contributed by atoms with van der Waals surface area (Å²) in [6.45, 7) is 10.4. The highest BCUT2D eigenvalue weighted by Gasteiger charge is 2.59. The maximum atomic E-state index is 15.1. The molecule has 1 aliphatic heterocycles. The van der Waals surface area contributed by atoms with Crippen LogP contribution in [0.1, 0.15) is 46.1 Å². The Labute approximate surface area is 221 Å². The van der Waals surface area contributed by atoms with Gasteiger partial charge in [0.15, 0.2) is 21.6 Å². The van der Waals surface area contributed by atoms with E-state index in [-0.39, 0.29) is 41.3 Å². The first kappa shape index (κ1) is 27.2. The van der Waals surface area contributed by atoms with Gasteiger partial charge in [-0.15, -0.1) is 5.92 Å². The van der Waals surface area contributed by atoms with E-state index in [9.17, 15) is 8.42 Å². The Hall–Kier alpha value is -3.85. The Morgan fingerprint density at radius 1 is 1.37 bits per heavy atom. The highest BCUT2D eigenvalue weighted by atomic mass is 32.2. The highest BCUT2D eigenvalue weighted by molar-refractivity contribution is 7.93. The lowest BCUT2D eigenvalue weighted by Crippen LogP contribution is -2.58. The van der Waals surface area contributed by atoms with Crippen LogP contribution in [0.4, 0.5) is 27.4 Å². The lowest BCUT2D eigenvalue weighted by Gasteiger charge is -2.40. The van der Waals surface area contributed by atoms with Crippen LogP contribution in [0.25, 0.3) is 0 Å². The zero-order valence-electron chi connectivity index (χ0n) is 21.7. The molecule has 3 heterocycles. The van der Waals surface area contributed by atoms with E-state index in [1.807, 2.05) is 0 Å². The van der Waals surface area contributed by atoms with Crippen LogP contribution in [0, 0.1) is 23.6 Å². The molecule has 1 fully saturated rings. The second kappa shape index (κ2) is 10.1. The van der Waals surface area contributed by atoms with Crippen LogP contribution in [-0.2, 0) is 20.1 Å². The summed E-state index contributed by atoms with van der Waals surface area (Å²) in [7, 11) is -3.72. The van der Waals surface area contributed by atoms with Crippen molar-refractivity contribution in [1.29, 1.82) is 0 Å². The van der Waals surface area contributed by atoms with Gasteiger partial charge in [0, 0.05) is 18.7 Å². The maximum absolute atomic E-state index is 15.1. The summed E-state index contributed by atoms with van der Waals surface area (Å²) in [6.07, 6.45) is 4.06. The number of ether oxygens (including phenoxy) is 1. The lowest BCUT2D eigenvalue weighted by atomic mass is 9.93. The van der Waals surface area contributed by atoms with Crippen LogP contribution < -0.4 is 11.1 Å².